The van der Waals surface area contributed by atoms with Crippen LogP contribution < -0.4 is 4.74 Å². The highest BCUT2D eigenvalue weighted by Gasteiger charge is 2.36. The Labute approximate surface area is 166 Å². The summed E-state index contributed by atoms with van der Waals surface area (Å²) in [5.74, 6) is 3.47. The topological polar surface area (TPSA) is 48.0 Å². The van der Waals surface area contributed by atoms with E-state index in [2.05, 4.69) is 5.92 Å². The summed E-state index contributed by atoms with van der Waals surface area (Å²) in [6.45, 7) is 1.21. The second-order valence-corrected chi connectivity index (χ2v) is 6.77. The minimum absolute atomic E-state index is 0.0610. The molecule has 0 radical (unpaired) electrons. The van der Waals surface area contributed by atoms with Gasteiger partial charge in [0.15, 0.2) is 0 Å². The van der Waals surface area contributed by atoms with Crippen LogP contribution in [0.2, 0.25) is 0 Å². The predicted molar refractivity (Wildman–Crippen MR) is 107 cm³/mol. The molecule has 0 aromatic heterocycles. The van der Waals surface area contributed by atoms with E-state index in [1.54, 1.807) is 12.0 Å². The number of carbonyl (C=O) groups excluding carboxylic acids is 1. The first kappa shape index (κ1) is 19.8. The van der Waals surface area contributed by atoms with E-state index in [9.17, 15) is 4.79 Å². The van der Waals surface area contributed by atoms with E-state index in [-0.39, 0.29) is 24.8 Å². The largest absolute Gasteiger partial charge is 0.497 e. The van der Waals surface area contributed by atoms with Crippen LogP contribution in [0.25, 0.3) is 0 Å². The highest BCUT2D eigenvalue weighted by Crippen LogP contribution is 2.25. The lowest BCUT2D eigenvalue weighted by Gasteiger charge is -2.22. The normalized spacial score (nSPS) is 18.5. The van der Waals surface area contributed by atoms with Crippen molar-refractivity contribution in [2.75, 3.05) is 13.7 Å². The Morgan fingerprint density at radius 1 is 1.11 bits per heavy atom. The molecule has 5 heteroatoms. The number of methoxy groups -OCH3 is 1. The molecule has 1 amide bonds. The summed E-state index contributed by atoms with van der Waals surface area (Å²) in [5, 5.41) is 0. The second kappa shape index (κ2) is 9.82. The highest BCUT2D eigenvalue weighted by molar-refractivity contribution is 5.68. The number of amides is 1. The molecule has 1 heterocycles. The summed E-state index contributed by atoms with van der Waals surface area (Å²) in [6.07, 6.45) is 6.28. The molecule has 1 fully saturated rings. The first-order chi connectivity index (χ1) is 13.7. The van der Waals surface area contributed by atoms with Crippen LogP contribution in [0.1, 0.15) is 24.0 Å². The molecule has 28 heavy (non-hydrogen) atoms. The molecule has 146 valence electrons. The van der Waals surface area contributed by atoms with Gasteiger partial charge in [0, 0.05) is 12.5 Å². The van der Waals surface area contributed by atoms with E-state index >= 15 is 0 Å². The zero-order valence-electron chi connectivity index (χ0n) is 16.0. The monoisotopic (exact) mass is 379 g/mol. The van der Waals surface area contributed by atoms with Crippen LogP contribution in [0.5, 0.6) is 5.75 Å². The molecule has 2 aromatic rings. The van der Waals surface area contributed by atoms with Crippen LogP contribution >= 0.6 is 0 Å². The molecule has 1 aliphatic rings. The molecule has 0 spiro atoms. The SMILES string of the molecule is C#CC[C@@H]1C[C@@H](OCc2ccc(OC)cc2)CN1C(=O)OCc1ccccc1. The lowest BCUT2D eigenvalue weighted by molar-refractivity contribution is 0.0431. The first-order valence-electron chi connectivity index (χ1n) is 9.35. The van der Waals surface area contributed by atoms with E-state index in [1.807, 2.05) is 54.6 Å². The number of hydrogen-bond donors (Lipinski definition) is 0. The molecular formula is C23H25NO4. The maximum absolute atomic E-state index is 12.6. The summed E-state index contributed by atoms with van der Waals surface area (Å²) in [5.41, 5.74) is 2.01. The molecule has 5 nitrogen and oxygen atoms in total. The summed E-state index contributed by atoms with van der Waals surface area (Å²) >= 11 is 0. The van der Waals surface area contributed by atoms with E-state index in [0.717, 1.165) is 16.9 Å². The molecule has 2 aromatic carbocycles. The minimum atomic E-state index is -0.348. The van der Waals surface area contributed by atoms with Crippen molar-refractivity contribution < 1.29 is 19.0 Å². The zero-order valence-corrected chi connectivity index (χ0v) is 16.0. The molecule has 0 aliphatic carbocycles. The Bertz CT molecular complexity index is 798. The van der Waals surface area contributed by atoms with Crippen LogP contribution in [-0.2, 0) is 22.7 Å². The number of carbonyl (C=O) groups is 1. The molecular weight excluding hydrogens is 354 g/mol. The van der Waals surface area contributed by atoms with Crippen LogP contribution in [0, 0.1) is 12.3 Å². The smallest absolute Gasteiger partial charge is 0.410 e. The van der Waals surface area contributed by atoms with E-state index in [4.69, 9.17) is 20.6 Å². The van der Waals surface area contributed by atoms with Crippen molar-refractivity contribution in [3.8, 4) is 18.1 Å². The van der Waals surface area contributed by atoms with Crippen LogP contribution in [0.4, 0.5) is 4.79 Å². The standard InChI is InChI=1S/C23H25NO4/c1-3-7-20-14-22(27-16-19-10-12-21(26-2)13-11-19)15-24(20)23(25)28-17-18-8-5-4-6-9-18/h1,4-6,8-13,20,22H,7,14-17H2,2H3/t20-,22-/m1/s1. The van der Waals surface area contributed by atoms with Crippen LogP contribution in [-0.4, -0.2) is 36.8 Å². The maximum atomic E-state index is 12.6. The Balaban J connectivity index is 1.53. The average Bonchev–Trinajstić information content (AvgIpc) is 3.15. The number of ether oxygens (including phenoxy) is 3. The van der Waals surface area contributed by atoms with Gasteiger partial charge in [0.2, 0.25) is 0 Å². The van der Waals surface area contributed by atoms with Crippen molar-refractivity contribution in [1.29, 1.82) is 0 Å². The number of hydrogen-bond acceptors (Lipinski definition) is 4. The molecule has 2 atom stereocenters. The molecule has 0 N–H and O–H groups in total. The Morgan fingerprint density at radius 2 is 1.82 bits per heavy atom. The predicted octanol–water partition coefficient (Wildman–Crippen LogP) is 4.01. The van der Waals surface area contributed by atoms with Crippen molar-refractivity contribution >= 4 is 6.09 Å². The van der Waals surface area contributed by atoms with Gasteiger partial charge in [-0.25, -0.2) is 4.79 Å². The fourth-order valence-electron chi connectivity index (χ4n) is 3.29. The van der Waals surface area contributed by atoms with Crippen molar-refractivity contribution in [2.24, 2.45) is 0 Å². The van der Waals surface area contributed by atoms with E-state index < -0.39 is 0 Å². The van der Waals surface area contributed by atoms with Crippen LogP contribution in [0.15, 0.2) is 54.6 Å². The van der Waals surface area contributed by atoms with E-state index in [1.165, 1.54) is 0 Å². The van der Waals surface area contributed by atoms with Gasteiger partial charge in [0.25, 0.3) is 0 Å². The fraction of sp³-hybridized carbons (Fsp3) is 0.348. The van der Waals surface area contributed by atoms with Gasteiger partial charge in [-0.1, -0.05) is 42.5 Å². The van der Waals surface area contributed by atoms with Gasteiger partial charge in [0.05, 0.1) is 26.4 Å². The third kappa shape index (κ3) is 5.28. The zero-order chi connectivity index (χ0) is 19.8. The Hall–Kier alpha value is -2.97. The highest BCUT2D eigenvalue weighted by atomic mass is 16.6. The van der Waals surface area contributed by atoms with Crippen LogP contribution in [0.3, 0.4) is 0 Å². The molecule has 3 rings (SSSR count). The number of terminal acetylenes is 1. The Kier molecular flexibility index (Phi) is 6.94. The molecule has 0 unspecified atom stereocenters. The van der Waals surface area contributed by atoms with Gasteiger partial charge < -0.3 is 19.1 Å². The number of benzene rings is 2. The van der Waals surface area contributed by atoms with E-state index in [0.29, 0.717) is 26.0 Å². The first-order valence-corrected chi connectivity index (χ1v) is 9.35. The van der Waals surface area contributed by atoms with Gasteiger partial charge in [-0.05, 0) is 29.7 Å². The average molecular weight is 379 g/mol. The van der Waals surface area contributed by atoms with Gasteiger partial charge in [-0.2, -0.15) is 0 Å². The van der Waals surface area contributed by atoms with Crippen molar-refractivity contribution in [1.82, 2.24) is 4.90 Å². The summed E-state index contributed by atoms with van der Waals surface area (Å²) in [6, 6.07) is 17.3. The molecule has 1 saturated heterocycles. The summed E-state index contributed by atoms with van der Waals surface area (Å²) in [4.78, 5) is 14.3. The second-order valence-electron chi connectivity index (χ2n) is 6.77. The summed E-state index contributed by atoms with van der Waals surface area (Å²) in [7, 11) is 1.64. The van der Waals surface area contributed by atoms with Crippen molar-refractivity contribution in [3.63, 3.8) is 0 Å². The number of likely N-dealkylation sites (tertiary alicyclic amines) is 1. The number of rotatable bonds is 7. The quantitative estimate of drug-likeness (QED) is 0.682. The number of nitrogens with zero attached hydrogens (tertiary/aromatic N) is 1. The summed E-state index contributed by atoms with van der Waals surface area (Å²) < 4.78 is 16.7. The van der Waals surface area contributed by atoms with Gasteiger partial charge >= 0.3 is 6.09 Å². The maximum Gasteiger partial charge on any atom is 0.410 e. The molecule has 0 bridgehead atoms. The van der Waals surface area contributed by atoms with Gasteiger partial charge in [0.1, 0.15) is 12.4 Å². The van der Waals surface area contributed by atoms with Gasteiger partial charge in [-0.15, -0.1) is 12.3 Å². The van der Waals surface area contributed by atoms with Gasteiger partial charge in [-0.3, -0.25) is 0 Å². The fourth-order valence-corrected chi connectivity index (χ4v) is 3.29. The lowest BCUT2D eigenvalue weighted by Crippen LogP contribution is -2.36. The third-order valence-corrected chi connectivity index (χ3v) is 4.81. The Morgan fingerprint density at radius 3 is 2.50 bits per heavy atom. The third-order valence-electron chi connectivity index (χ3n) is 4.81. The lowest BCUT2D eigenvalue weighted by atomic mass is 10.1. The minimum Gasteiger partial charge on any atom is -0.497 e. The van der Waals surface area contributed by atoms with Crippen molar-refractivity contribution in [2.45, 2.75) is 38.2 Å². The molecule has 1 aliphatic heterocycles. The molecule has 0 saturated carbocycles. The van der Waals surface area contributed by atoms with Crippen molar-refractivity contribution in [3.05, 3.63) is 65.7 Å².